The smallest absolute Gasteiger partial charge is 0.164 e. The Morgan fingerprint density at radius 3 is 2.56 bits per heavy atom. The van der Waals surface area contributed by atoms with Crippen molar-refractivity contribution in [3.63, 3.8) is 0 Å². The van der Waals surface area contributed by atoms with E-state index in [4.69, 9.17) is 5.73 Å². The van der Waals surface area contributed by atoms with Gasteiger partial charge in [0.1, 0.15) is 5.82 Å². The van der Waals surface area contributed by atoms with Crippen molar-refractivity contribution in [2.45, 2.75) is 40.2 Å². The van der Waals surface area contributed by atoms with Crippen LogP contribution in [-0.2, 0) is 6.42 Å². The molecule has 0 amide bonds. The second kappa shape index (κ2) is 4.76. The fourth-order valence-corrected chi connectivity index (χ4v) is 1.92. The van der Waals surface area contributed by atoms with Gasteiger partial charge in [0.2, 0.25) is 0 Å². The summed E-state index contributed by atoms with van der Waals surface area (Å²) < 4.78 is 1.89. The van der Waals surface area contributed by atoms with Crippen LogP contribution in [0, 0.1) is 6.92 Å². The van der Waals surface area contributed by atoms with Crippen molar-refractivity contribution >= 4 is 5.82 Å². The van der Waals surface area contributed by atoms with Crippen molar-refractivity contribution in [1.29, 1.82) is 0 Å². The number of rotatable bonds is 3. The molecule has 0 bridgehead atoms. The summed E-state index contributed by atoms with van der Waals surface area (Å²) in [5, 5.41) is 4.29. The molecule has 0 fully saturated rings. The molecule has 2 aromatic heterocycles. The van der Waals surface area contributed by atoms with Gasteiger partial charge in [0.05, 0.1) is 11.8 Å². The highest BCUT2D eigenvalue weighted by Gasteiger charge is 2.11. The number of nitrogen functional groups attached to an aromatic ring is 1. The lowest BCUT2D eigenvalue weighted by Crippen LogP contribution is -2.04. The van der Waals surface area contributed by atoms with Crippen LogP contribution in [0.15, 0.2) is 12.4 Å². The monoisotopic (exact) mass is 245 g/mol. The molecule has 0 aliphatic heterocycles. The maximum Gasteiger partial charge on any atom is 0.164 e. The van der Waals surface area contributed by atoms with Gasteiger partial charge in [0.15, 0.2) is 5.82 Å². The summed E-state index contributed by atoms with van der Waals surface area (Å²) in [6, 6.07) is 0.326. The largest absolute Gasteiger partial charge is 0.383 e. The third-order valence-electron chi connectivity index (χ3n) is 2.99. The third kappa shape index (κ3) is 2.20. The number of nitrogens with zero attached hydrogens (tertiary/aromatic N) is 4. The van der Waals surface area contributed by atoms with Crippen molar-refractivity contribution in [2.75, 3.05) is 5.73 Å². The van der Waals surface area contributed by atoms with Gasteiger partial charge in [0, 0.05) is 23.5 Å². The summed E-state index contributed by atoms with van der Waals surface area (Å²) in [5.41, 5.74) is 8.83. The molecule has 2 rings (SSSR count). The average Bonchev–Trinajstić information content (AvgIpc) is 2.77. The van der Waals surface area contributed by atoms with Gasteiger partial charge in [-0.1, -0.05) is 6.92 Å². The molecule has 0 aliphatic rings. The van der Waals surface area contributed by atoms with Crippen molar-refractivity contribution in [3.8, 4) is 11.4 Å². The van der Waals surface area contributed by atoms with E-state index in [1.807, 2.05) is 17.8 Å². The minimum atomic E-state index is 0.326. The fraction of sp³-hybridized carbons (Fsp3) is 0.462. The molecule has 0 unspecified atom stereocenters. The van der Waals surface area contributed by atoms with Crippen molar-refractivity contribution in [3.05, 3.63) is 23.7 Å². The molecular weight excluding hydrogens is 226 g/mol. The van der Waals surface area contributed by atoms with E-state index < -0.39 is 0 Å². The second-order valence-electron chi connectivity index (χ2n) is 4.65. The SMILES string of the molecule is CCc1c(C)nc(-c2cnn(C(C)C)c2)nc1N. The molecule has 5 nitrogen and oxygen atoms in total. The van der Waals surface area contributed by atoms with Gasteiger partial charge in [-0.2, -0.15) is 5.10 Å². The molecule has 0 aliphatic carbocycles. The van der Waals surface area contributed by atoms with E-state index in [9.17, 15) is 0 Å². The Balaban J connectivity index is 2.44. The maximum absolute atomic E-state index is 5.96. The fourth-order valence-electron chi connectivity index (χ4n) is 1.92. The van der Waals surface area contributed by atoms with Crippen LogP contribution in [0.25, 0.3) is 11.4 Å². The quantitative estimate of drug-likeness (QED) is 0.901. The number of aromatic nitrogens is 4. The van der Waals surface area contributed by atoms with Crippen molar-refractivity contribution in [2.24, 2.45) is 0 Å². The molecule has 18 heavy (non-hydrogen) atoms. The van der Waals surface area contributed by atoms with Gasteiger partial charge in [-0.25, -0.2) is 9.97 Å². The van der Waals surface area contributed by atoms with E-state index in [0.29, 0.717) is 17.7 Å². The van der Waals surface area contributed by atoms with Crippen molar-refractivity contribution < 1.29 is 0 Å². The molecule has 0 saturated carbocycles. The van der Waals surface area contributed by atoms with Gasteiger partial charge in [0.25, 0.3) is 0 Å². The summed E-state index contributed by atoms with van der Waals surface area (Å²) in [6.07, 6.45) is 4.58. The zero-order chi connectivity index (χ0) is 13.3. The topological polar surface area (TPSA) is 69.6 Å². The van der Waals surface area contributed by atoms with Crippen LogP contribution >= 0.6 is 0 Å². The summed E-state index contributed by atoms with van der Waals surface area (Å²) in [6.45, 7) is 8.18. The summed E-state index contributed by atoms with van der Waals surface area (Å²) in [5.74, 6) is 1.21. The maximum atomic E-state index is 5.96. The van der Waals surface area contributed by atoms with Crippen LogP contribution in [0.4, 0.5) is 5.82 Å². The first-order valence-electron chi connectivity index (χ1n) is 6.20. The Labute approximate surface area is 107 Å². The predicted octanol–water partition coefficient (Wildman–Crippen LogP) is 2.37. The average molecular weight is 245 g/mol. The minimum Gasteiger partial charge on any atom is -0.383 e. The number of nitrogens with two attached hydrogens (primary N) is 1. The van der Waals surface area contributed by atoms with Crippen LogP contribution in [0.5, 0.6) is 0 Å². The van der Waals surface area contributed by atoms with Gasteiger partial charge in [-0.15, -0.1) is 0 Å². The van der Waals surface area contributed by atoms with Crippen LogP contribution < -0.4 is 5.73 Å². The number of hydrogen-bond donors (Lipinski definition) is 1. The van der Waals surface area contributed by atoms with E-state index in [1.54, 1.807) is 6.20 Å². The van der Waals surface area contributed by atoms with Crippen LogP contribution in [0.1, 0.15) is 38.1 Å². The lowest BCUT2D eigenvalue weighted by atomic mass is 10.1. The third-order valence-corrected chi connectivity index (χ3v) is 2.99. The molecule has 0 aromatic carbocycles. The van der Waals surface area contributed by atoms with Gasteiger partial charge >= 0.3 is 0 Å². The van der Waals surface area contributed by atoms with Crippen LogP contribution in [-0.4, -0.2) is 19.7 Å². The van der Waals surface area contributed by atoms with E-state index in [1.165, 1.54) is 0 Å². The first-order valence-corrected chi connectivity index (χ1v) is 6.20. The molecule has 2 heterocycles. The molecule has 0 atom stereocenters. The number of hydrogen-bond acceptors (Lipinski definition) is 4. The molecular formula is C13H19N5. The lowest BCUT2D eigenvalue weighted by Gasteiger charge is -2.07. The Kier molecular flexibility index (Phi) is 3.32. The highest BCUT2D eigenvalue weighted by Crippen LogP contribution is 2.21. The van der Waals surface area contributed by atoms with E-state index in [2.05, 4.69) is 35.8 Å². The van der Waals surface area contributed by atoms with Crippen LogP contribution in [0.3, 0.4) is 0 Å². The Morgan fingerprint density at radius 1 is 1.33 bits per heavy atom. The van der Waals surface area contributed by atoms with Crippen molar-refractivity contribution in [1.82, 2.24) is 19.7 Å². The summed E-state index contributed by atoms with van der Waals surface area (Å²) in [7, 11) is 0. The summed E-state index contributed by atoms with van der Waals surface area (Å²) in [4.78, 5) is 8.86. The summed E-state index contributed by atoms with van der Waals surface area (Å²) >= 11 is 0. The predicted molar refractivity (Wildman–Crippen MR) is 72.2 cm³/mol. The number of aryl methyl sites for hydroxylation is 1. The highest BCUT2D eigenvalue weighted by atomic mass is 15.3. The van der Waals surface area contributed by atoms with Gasteiger partial charge in [-0.3, -0.25) is 4.68 Å². The zero-order valence-corrected chi connectivity index (χ0v) is 11.3. The van der Waals surface area contributed by atoms with E-state index >= 15 is 0 Å². The van der Waals surface area contributed by atoms with Crippen LogP contribution in [0.2, 0.25) is 0 Å². The van der Waals surface area contributed by atoms with E-state index in [0.717, 1.165) is 23.2 Å². The first kappa shape index (κ1) is 12.5. The Hall–Kier alpha value is -1.91. The Morgan fingerprint density at radius 2 is 2.06 bits per heavy atom. The molecule has 2 N–H and O–H groups in total. The highest BCUT2D eigenvalue weighted by molar-refractivity contribution is 5.57. The first-order chi connectivity index (χ1) is 8.52. The molecule has 0 spiro atoms. The number of anilines is 1. The lowest BCUT2D eigenvalue weighted by molar-refractivity contribution is 0.532. The molecule has 0 saturated heterocycles. The second-order valence-corrected chi connectivity index (χ2v) is 4.65. The standard InChI is InChI=1S/C13H19N5/c1-5-11-9(4)16-13(17-12(11)14)10-6-15-18(7-10)8(2)3/h6-8H,5H2,1-4H3,(H2,14,16,17). The Bertz CT molecular complexity index is 533. The normalized spacial score (nSPS) is 11.2. The van der Waals surface area contributed by atoms with Gasteiger partial charge < -0.3 is 5.73 Å². The molecule has 5 heteroatoms. The molecule has 96 valence electrons. The minimum absolute atomic E-state index is 0.326. The van der Waals surface area contributed by atoms with E-state index in [-0.39, 0.29) is 0 Å². The van der Waals surface area contributed by atoms with Gasteiger partial charge in [-0.05, 0) is 27.2 Å². The zero-order valence-electron chi connectivity index (χ0n) is 11.3. The molecule has 2 aromatic rings. The molecule has 0 radical (unpaired) electrons.